The fraction of sp³-hybridized carbons (Fsp3) is 0.150. The second-order valence-electron chi connectivity index (χ2n) is 6.02. The number of para-hydroxylation sites is 1. The number of carbonyl (C=O) groups is 1. The third-order valence-corrected chi connectivity index (χ3v) is 3.83. The number of hydroxylamine groups is 1. The van der Waals surface area contributed by atoms with Gasteiger partial charge in [0.25, 0.3) is 0 Å². The summed E-state index contributed by atoms with van der Waals surface area (Å²) in [5, 5.41) is 14.3. The smallest absolute Gasteiger partial charge is 0.243 e. The highest BCUT2D eigenvalue weighted by Crippen LogP contribution is 2.24. The van der Waals surface area contributed by atoms with E-state index < -0.39 is 11.7 Å². The molecular weight excluding hydrogens is 377 g/mol. The molecule has 1 heterocycles. The van der Waals surface area contributed by atoms with Gasteiger partial charge in [-0.15, -0.1) is 0 Å². The lowest BCUT2D eigenvalue weighted by atomic mass is 10.3. The summed E-state index contributed by atoms with van der Waals surface area (Å²) in [6, 6.07) is 16.6. The number of nitrogens with one attached hydrogen (secondary N) is 3. The van der Waals surface area contributed by atoms with E-state index in [9.17, 15) is 9.18 Å². The van der Waals surface area contributed by atoms with Crippen molar-refractivity contribution in [2.45, 2.75) is 12.8 Å². The SMILES string of the molecule is O=C(CCCNc1nc(Nc2ccc(Oc3ccccc3)cc2)ncc1F)NO. The van der Waals surface area contributed by atoms with Crippen molar-refractivity contribution in [1.29, 1.82) is 0 Å². The lowest BCUT2D eigenvalue weighted by molar-refractivity contribution is -0.129. The summed E-state index contributed by atoms with van der Waals surface area (Å²) in [6.07, 6.45) is 1.57. The van der Waals surface area contributed by atoms with Gasteiger partial charge in [-0.2, -0.15) is 4.98 Å². The summed E-state index contributed by atoms with van der Waals surface area (Å²) in [5.74, 6) is 0.554. The lowest BCUT2D eigenvalue weighted by Gasteiger charge is -2.10. The molecule has 0 saturated carbocycles. The maximum absolute atomic E-state index is 13.9. The minimum atomic E-state index is -0.603. The minimum Gasteiger partial charge on any atom is -0.457 e. The number of ether oxygens (including phenoxy) is 1. The van der Waals surface area contributed by atoms with E-state index in [1.165, 1.54) is 0 Å². The van der Waals surface area contributed by atoms with Crippen LogP contribution in [-0.2, 0) is 4.79 Å². The van der Waals surface area contributed by atoms with Crippen molar-refractivity contribution in [2.75, 3.05) is 17.2 Å². The third-order valence-electron chi connectivity index (χ3n) is 3.83. The number of benzene rings is 2. The van der Waals surface area contributed by atoms with Crippen LogP contribution in [0.25, 0.3) is 0 Å². The number of carbonyl (C=O) groups excluding carboxylic acids is 1. The van der Waals surface area contributed by atoms with Gasteiger partial charge in [0.1, 0.15) is 11.5 Å². The zero-order chi connectivity index (χ0) is 20.5. The molecule has 8 nitrogen and oxygen atoms in total. The maximum Gasteiger partial charge on any atom is 0.243 e. The number of nitrogens with zero attached hydrogens (tertiary/aromatic N) is 2. The third kappa shape index (κ3) is 6.15. The van der Waals surface area contributed by atoms with Crippen molar-refractivity contribution < 1.29 is 19.1 Å². The Hall–Kier alpha value is -3.72. The highest BCUT2D eigenvalue weighted by atomic mass is 19.1. The van der Waals surface area contributed by atoms with Crippen LogP contribution in [0.2, 0.25) is 0 Å². The Morgan fingerprint density at radius 3 is 2.52 bits per heavy atom. The molecule has 0 unspecified atom stereocenters. The van der Waals surface area contributed by atoms with Crippen LogP contribution < -0.4 is 20.9 Å². The zero-order valence-electron chi connectivity index (χ0n) is 15.4. The monoisotopic (exact) mass is 397 g/mol. The first-order valence-corrected chi connectivity index (χ1v) is 8.93. The van der Waals surface area contributed by atoms with Crippen LogP contribution in [0, 0.1) is 5.82 Å². The molecule has 29 heavy (non-hydrogen) atoms. The van der Waals surface area contributed by atoms with E-state index in [0.717, 1.165) is 11.9 Å². The largest absolute Gasteiger partial charge is 0.457 e. The van der Waals surface area contributed by atoms with Crippen molar-refractivity contribution >= 4 is 23.4 Å². The summed E-state index contributed by atoms with van der Waals surface area (Å²) in [6.45, 7) is 0.312. The van der Waals surface area contributed by atoms with Gasteiger partial charge in [0.15, 0.2) is 11.6 Å². The number of halogens is 1. The van der Waals surface area contributed by atoms with Crippen LogP contribution in [0.15, 0.2) is 60.8 Å². The molecule has 3 rings (SSSR count). The Balaban J connectivity index is 1.57. The van der Waals surface area contributed by atoms with E-state index in [0.29, 0.717) is 24.4 Å². The van der Waals surface area contributed by atoms with Gasteiger partial charge in [0, 0.05) is 18.7 Å². The standard InChI is InChI=1S/C20H20FN5O3/c21-17-13-23-20(25-19(17)22-12-4-7-18(27)26-28)24-14-8-10-16(11-9-14)29-15-5-2-1-3-6-15/h1-3,5-6,8-11,13,28H,4,7,12H2,(H,26,27)(H2,22,23,24,25). The van der Waals surface area contributed by atoms with Crippen molar-refractivity contribution in [1.82, 2.24) is 15.4 Å². The van der Waals surface area contributed by atoms with E-state index in [2.05, 4.69) is 20.6 Å². The normalized spacial score (nSPS) is 10.3. The first-order valence-electron chi connectivity index (χ1n) is 8.93. The summed E-state index contributed by atoms with van der Waals surface area (Å²) in [7, 11) is 0. The fourth-order valence-electron chi connectivity index (χ4n) is 2.42. The fourth-order valence-corrected chi connectivity index (χ4v) is 2.42. The maximum atomic E-state index is 13.9. The van der Waals surface area contributed by atoms with Gasteiger partial charge < -0.3 is 15.4 Å². The van der Waals surface area contributed by atoms with Crippen LogP contribution in [-0.4, -0.2) is 27.6 Å². The number of hydrogen-bond acceptors (Lipinski definition) is 7. The van der Waals surface area contributed by atoms with Crippen molar-refractivity contribution in [3.63, 3.8) is 0 Å². The highest BCUT2D eigenvalue weighted by molar-refractivity contribution is 5.74. The summed E-state index contributed by atoms with van der Waals surface area (Å²) in [5.41, 5.74) is 2.25. The summed E-state index contributed by atoms with van der Waals surface area (Å²) >= 11 is 0. The molecule has 3 aromatic rings. The first-order chi connectivity index (χ1) is 14.1. The molecule has 0 fully saturated rings. The molecule has 150 valence electrons. The predicted molar refractivity (Wildman–Crippen MR) is 106 cm³/mol. The quantitative estimate of drug-likeness (QED) is 0.247. The number of anilines is 3. The van der Waals surface area contributed by atoms with Crippen LogP contribution >= 0.6 is 0 Å². The molecule has 1 aromatic heterocycles. The number of hydrogen-bond donors (Lipinski definition) is 4. The molecule has 4 N–H and O–H groups in total. The molecule has 0 atom stereocenters. The van der Waals surface area contributed by atoms with Crippen molar-refractivity contribution in [3.05, 3.63) is 66.6 Å². The van der Waals surface area contributed by atoms with Gasteiger partial charge >= 0.3 is 0 Å². The zero-order valence-corrected chi connectivity index (χ0v) is 15.4. The van der Waals surface area contributed by atoms with E-state index >= 15 is 0 Å². The predicted octanol–water partition coefficient (Wildman–Crippen LogP) is 3.85. The van der Waals surface area contributed by atoms with Crippen molar-refractivity contribution in [3.8, 4) is 11.5 Å². The van der Waals surface area contributed by atoms with Crippen LogP contribution in [0.5, 0.6) is 11.5 Å². The van der Waals surface area contributed by atoms with Gasteiger partial charge in [-0.1, -0.05) is 18.2 Å². The Bertz CT molecular complexity index is 939. The van der Waals surface area contributed by atoms with Crippen LogP contribution in [0.3, 0.4) is 0 Å². The van der Waals surface area contributed by atoms with Crippen LogP contribution in [0.1, 0.15) is 12.8 Å². The van der Waals surface area contributed by atoms with Gasteiger partial charge in [0.2, 0.25) is 11.9 Å². The van der Waals surface area contributed by atoms with Gasteiger partial charge in [-0.05, 0) is 42.8 Å². The Morgan fingerprint density at radius 2 is 1.79 bits per heavy atom. The van der Waals surface area contributed by atoms with Gasteiger partial charge in [0.05, 0.1) is 6.20 Å². The lowest BCUT2D eigenvalue weighted by Crippen LogP contribution is -2.19. The minimum absolute atomic E-state index is 0.0240. The van der Waals surface area contributed by atoms with Crippen molar-refractivity contribution in [2.24, 2.45) is 0 Å². The van der Waals surface area contributed by atoms with E-state index in [-0.39, 0.29) is 18.2 Å². The van der Waals surface area contributed by atoms with E-state index in [4.69, 9.17) is 9.94 Å². The average Bonchev–Trinajstić information content (AvgIpc) is 2.75. The van der Waals surface area contributed by atoms with Gasteiger partial charge in [-0.3, -0.25) is 10.0 Å². The second-order valence-corrected chi connectivity index (χ2v) is 6.02. The number of rotatable bonds is 9. The summed E-state index contributed by atoms with van der Waals surface area (Å²) < 4.78 is 19.6. The summed E-state index contributed by atoms with van der Waals surface area (Å²) in [4.78, 5) is 19.0. The second kappa shape index (κ2) is 10.00. The van der Waals surface area contributed by atoms with E-state index in [1.54, 1.807) is 29.7 Å². The molecule has 1 amide bonds. The average molecular weight is 397 g/mol. The molecule has 0 aliphatic heterocycles. The number of amides is 1. The topological polar surface area (TPSA) is 108 Å². The molecule has 0 saturated heterocycles. The Morgan fingerprint density at radius 1 is 1.07 bits per heavy atom. The molecule has 0 aliphatic rings. The van der Waals surface area contributed by atoms with Gasteiger partial charge in [-0.25, -0.2) is 14.9 Å². The molecule has 0 aliphatic carbocycles. The molecular formula is C20H20FN5O3. The molecule has 2 aromatic carbocycles. The Labute approximate surface area is 166 Å². The first kappa shape index (κ1) is 20.0. The molecule has 9 heteroatoms. The number of aromatic nitrogens is 2. The van der Waals surface area contributed by atoms with E-state index in [1.807, 2.05) is 30.3 Å². The highest BCUT2D eigenvalue weighted by Gasteiger charge is 2.08. The van der Waals surface area contributed by atoms with Crippen LogP contribution in [0.4, 0.5) is 21.8 Å². The molecule has 0 spiro atoms. The molecule has 0 bridgehead atoms. The molecule has 0 radical (unpaired) electrons. The Kier molecular flexibility index (Phi) is 6.90.